The molecule has 3 aromatic rings. The van der Waals surface area contributed by atoms with Crippen molar-refractivity contribution in [1.29, 1.82) is 0 Å². The number of para-hydroxylation sites is 1. The maximum atomic E-state index is 13.2. The summed E-state index contributed by atoms with van der Waals surface area (Å²) in [6.45, 7) is 5.70. The molecular formula is C27H31N3O4S. The Hall–Kier alpha value is -3.65. The number of amides is 2. The van der Waals surface area contributed by atoms with Crippen LogP contribution in [-0.2, 0) is 21.2 Å². The van der Waals surface area contributed by atoms with Crippen LogP contribution >= 0.6 is 0 Å². The molecule has 3 aromatic carbocycles. The first kappa shape index (κ1) is 26.0. The van der Waals surface area contributed by atoms with Gasteiger partial charge in [0.25, 0.3) is 5.91 Å². The third kappa shape index (κ3) is 6.93. The molecule has 2 amide bonds. The fourth-order valence-corrected chi connectivity index (χ4v) is 5.13. The largest absolute Gasteiger partial charge is 0.352 e. The van der Waals surface area contributed by atoms with E-state index < -0.39 is 22.0 Å². The number of anilines is 2. The van der Waals surface area contributed by atoms with Crippen LogP contribution < -0.4 is 14.9 Å². The lowest BCUT2D eigenvalue weighted by Crippen LogP contribution is -2.45. The smallest absolute Gasteiger partial charge is 0.253 e. The van der Waals surface area contributed by atoms with Gasteiger partial charge in [-0.15, -0.1) is 0 Å². The molecule has 0 saturated heterocycles. The van der Waals surface area contributed by atoms with Gasteiger partial charge in [-0.2, -0.15) is 0 Å². The second kappa shape index (κ2) is 11.2. The quantitative estimate of drug-likeness (QED) is 0.470. The Balaban J connectivity index is 1.76. The van der Waals surface area contributed by atoms with Crippen LogP contribution in [0.4, 0.5) is 11.4 Å². The molecule has 3 rings (SSSR count). The minimum absolute atomic E-state index is 0.304. The number of hydrogen-bond donors (Lipinski definition) is 2. The second-order valence-electron chi connectivity index (χ2n) is 8.61. The lowest BCUT2D eigenvalue weighted by atomic mass is 10.1. The van der Waals surface area contributed by atoms with Crippen molar-refractivity contribution < 1.29 is 18.0 Å². The van der Waals surface area contributed by atoms with Crippen molar-refractivity contribution in [2.75, 3.05) is 22.4 Å². The Labute approximate surface area is 207 Å². The van der Waals surface area contributed by atoms with E-state index in [9.17, 15) is 18.0 Å². The van der Waals surface area contributed by atoms with Gasteiger partial charge >= 0.3 is 0 Å². The molecule has 0 heterocycles. The maximum absolute atomic E-state index is 13.2. The van der Waals surface area contributed by atoms with Gasteiger partial charge in [0.2, 0.25) is 15.9 Å². The first-order valence-electron chi connectivity index (χ1n) is 11.4. The number of carbonyl (C=O) groups excluding carboxylic acids is 2. The number of sulfonamides is 1. The Morgan fingerprint density at radius 3 is 2.14 bits per heavy atom. The van der Waals surface area contributed by atoms with E-state index in [1.165, 1.54) is 6.92 Å². The van der Waals surface area contributed by atoms with Crippen molar-refractivity contribution >= 4 is 33.2 Å². The van der Waals surface area contributed by atoms with Crippen molar-refractivity contribution in [3.05, 3.63) is 95.1 Å². The molecular weight excluding hydrogens is 462 g/mol. The highest BCUT2D eigenvalue weighted by Crippen LogP contribution is 2.25. The molecule has 0 unspecified atom stereocenters. The topological polar surface area (TPSA) is 95.6 Å². The number of nitrogens with zero attached hydrogens (tertiary/aromatic N) is 1. The van der Waals surface area contributed by atoms with Gasteiger partial charge in [-0.05, 0) is 68.1 Å². The number of benzene rings is 3. The van der Waals surface area contributed by atoms with Crippen molar-refractivity contribution in [2.24, 2.45) is 0 Å². The zero-order valence-corrected chi connectivity index (χ0v) is 21.2. The zero-order chi connectivity index (χ0) is 25.6. The Morgan fingerprint density at radius 2 is 1.51 bits per heavy atom. The number of aryl methyl sites for hydroxylation is 2. The molecule has 0 aliphatic rings. The van der Waals surface area contributed by atoms with Crippen molar-refractivity contribution in [2.45, 2.75) is 33.2 Å². The fourth-order valence-electron chi connectivity index (χ4n) is 3.97. The summed E-state index contributed by atoms with van der Waals surface area (Å²) < 4.78 is 26.4. The van der Waals surface area contributed by atoms with Crippen LogP contribution in [-0.4, -0.2) is 39.1 Å². The first-order valence-corrected chi connectivity index (χ1v) is 13.2. The summed E-state index contributed by atoms with van der Waals surface area (Å²) in [4.78, 5) is 26.0. The normalized spacial score (nSPS) is 12.0. The number of nitrogens with one attached hydrogen (secondary N) is 2. The van der Waals surface area contributed by atoms with Gasteiger partial charge in [0.05, 0.1) is 23.2 Å². The summed E-state index contributed by atoms with van der Waals surface area (Å²) >= 11 is 0. The lowest BCUT2D eigenvalue weighted by molar-refractivity contribution is -0.116. The van der Waals surface area contributed by atoms with Crippen LogP contribution in [0, 0.1) is 13.8 Å². The average molecular weight is 494 g/mol. The molecule has 2 N–H and O–H groups in total. The molecule has 0 bridgehead atoms. The molecule has 0 spiro atoms. The second-order valence-corrected chi connectivity index (χ2v) is 10.5. The van der Waals surface area contributed by atoms with E-state index in [1.54, 1.807) is 36.4 Å². The van der Waals surface area contributed by atoms with Crippen LogP contribution in [0.15, 0.2) is 72.8 Å². The lowest BCUT2D eigenvalue weighted by Gasteiger charge is -2.29. The minimum atomic E-state index is -3.76. The third-order valence-electron chi connectivity index (χ3n) is 5.52. The fraction of sp³-hybridized carbons (Fsp3) is 0.259. The Morgan fingerprint density at radius 1 is 0.914 bits per heavy atom. The Kier molecular flexibility index (Phi) is 8.30. The molecule has 0 saturated carbocycles. The van der Waals surface area contributed by atoms with Gasteiger partial charge in [0.1, 0.15) is 6.04 Å². The molecule has 0 radical (unpaired) electrons. The highest BCUT2D eigenvalue weighted by molar-refractivity contribution is 7.92. The van der Waals surface area contributed by atoms with E-state index in [0.717, 1.165) is 27.3 Å². The first-order chi connectivity index (χ1) is 16.6. The van der Waals surface area contributed by atoms with Gasteiger partial charge in [-0.25, -0.2) is 8.42 Å². The third-order valence-corrected chi connectivity index (χ3v) is 6.76. The van der Waals surface area contributed by atoms with E-state index in [0.29, 0.717) is 29.9 Å². The molecule has 184 valence electrons. The average Bonchev–Trinajstić information content (AvgIpc) is 2.78. The highest BCUT2D eigenvalue weighted by Gasteiger charge is 2.30. The zero-order valence-electron chi connectivity index (χ0n) is 20.4. The van der Waals surface area contributed by atoms with Gasteiger partial charge in [-0.1, -0.05) is 48.5 Å². The summed E-state index contributed by atoms with van der Waals surface area (Å²) in [5, 5.41) is 5.62. The van der Waals surface area contributed by atoms with E-state index in [2.05, 4.69) is 10.6 Å². The summed E-state index contributed by atoms with van der Waals surface area (Å²) in [6.07, 6.45) is 1.75. The molecule has 7 nitrogen and oxygen atoms in total. The number of carbonyl (C=O) groups is 2. The van der Waals surface area contributed by atoms with Gasteiger partial charge < -0.3 is 10.6 Å². The summed E-state index contributed by atoms with van der Waals surface area (Å²) in [5.74, 6) is -0.863. The van der Waals surface area contributed by atoms with E-state index >= 15 is 0 Å². The van der Waals surface area contributed by atoms with Crippen molar-refractivity contribution in [3.63, 3.8) is 0 Å². The van der Waals surface area contributed by atoms with Gasteiger partial charge in [-0.3, -0.25) is 13.9 Å². The standard InChI is InChI=1S/C27H31N3O4S/c1-19-16-20(2)18-23(17-19)30(35(4,33)34)21(3)26(31)29-25-13-9-8-12-24(25)27(32)28-15-14-22-10-6-5-7-11-22/h5-13,16-18,21H,14-15H2,1-4H3,(H,28,32)(H,29,31)/t21-/m1/s1. The monoisotopic (exact) mass is 493 g/mol. The van der Waals surface area contributed by atoms with Crippen LogP contribution in [0.1, 0.15) is 34.0 Å². The van der Waals surface area contributed by atoms with E-state index in [1.807, 2.05) is 50.2 Å². The van der Waals surface area contributed by atoms with Crippen molar-refractivity contribution in [3.8, 4) is 0 Å². The molecule has 35 heavy (non-hydrogen) atoms. The predicted molar refractivity (Wildman–Crippen MR) is 140 cm³/mol. The van der Waals surface area contributed by atoms with Crippen LogP contribution in [0.25, 0.3) is 0 Å². The van der Waals surface area contributed by atoms with Crippen molar-refractivity contribution in [1.82, 2.24) is 5.32 Å². The van der Waals surface area contributed by atoms with E-state index in [4.69, 9.17) is 0 Å². The molecule has 0 aliphatic carbocycles. The molecule has 0 aliphatic heterocycles. The summed E-state index contributed by atoms with van der Waals surface area (Å²) in [6, 6.07) is 20.8. The molecule has 0 fully saturated rings. The number of rotatable bonds is 9. The molecule has 8 heteroatoms. The van der Waals surface area contributed by atoms with Crippen LogP contribution in [0.3, 0.4) is 0 Å². The van der Waals surface area contributed by atoms with E-state index in [-0.39, 0.29) is 5.91 Å². The predicted octanol–water partition coefficient (Wildman–Crippen LogP) is 4.07. The van der Waals surface area contributed by atoms with Crippen LogP contribution in [0.5, 0.6) is 0 Å². The minimum Gasteiger partial charge on any atom is -0.352 e. The maximum Gasteiger partial charge on any atom is 0.253 e. The van der Waals surface area contributed by atoms with Crippen LogP contribution in [0.2, 0.25) is 0 Å². The van der Waals surface area contributed by atoms with Gasteiger partial charge in [0, 0.05) is 6.54 Å². The SMILES string of the molecule is Cc1cc(C)cc(N([C@H](C)C(=O)Nc2ccccc2C(=O)NCCc2ccccc2)S(C)(=O)=O)c1. The Bertz CT molecular complexity index is 1290. The number of hydrogen-bond acceptors (Lipinski definition) is 4. The molecule has 1 atom stereocenters. The highest BCUT2D eigenvalue weighted by atomic mass is 32.2. The van der Waals surface area contributed by atoms with Gasteiger partial charge in [0.15, 0.2) is 0 Å². The summed E-state index contributed by atoms with van der Waals surface area (Å²) in [7, 11) is -3.76. The molecule has 0 aromatic heterocycles. The summed E-state index contributed by atoms with van der Waals surface area (Å²) in [5.41, 5.74) is 3.92.